The molecule has 0 unspecified atom stereocenters. The molecule has 2 N–H and O–H groups in total. The van der Waals surface area contributed by atoms with Crippen LogP contribution in [0.3, 0.4) is 0 Å². The molecule has 0 radical (unpaired) electrons. The van der Waals surface area contributed by atoms with Gasteiger partial charge in [0.1, 0.15) is 11.5 Å². The fourth-order valence-corrected chi connectivity index (χ4v) is 6.48. The maximum absolute atomic E-state index is 13.4. The van der Waals surface area contributed by atoms with Crippen molar-refractivity contribution in [2.24, 2.45) is 5.92 Å². The minimum atomic E-state index is -0.677. The van der Waals surface area contributed by atoms with E-state index in [0.717, 1.165) is 70.4 Å². The van der Waals surface area contributed by atoms with Gasteiger partial charge in [0.05, 0.1) is 23.4 Å². The molecule has 40 heavy (non-hydrogen) atoms. The van der Waals surface area contributed by atoms with Crippen molar-refractivity contribution in [3.63, 3.8) is 0 Å². The second-order valence-corrected chi connectivity index (χ2v) is 11.3. The summed E-state index contributed by atoms with van der Waals surface area (Å²) in [5.41, 5.74) is 2.15. The topological polar surface area (TPSA) is 134 Å². The molecular weight excluding hydrogens is 510 g/mol. The number of hydrogen-bond acceptors (Lipinski definition) is 9. The van der Waals surface area contributed by atoms with Crippen molar-refractivity contribution in [1.82, 2.24) is 24.4 Å². The quantitative estimate of drug-likeness (QED) is 0.425. The van der Waals surface area contributed by atoms with Gasteiger partial charge in [0, 0.05) is 36.8 Å². The third kappa shape index (κ3) is 4.83. The van der Waals surface area contributed by atoms with Crippen molar-refractivity contribution in [1.29, 1.82) is 0 Å². The molecule has 3 aromatic heterocycles. The van der Waals surface area contributed by atoms with E-state index in [1.54, 1.807) is 17.7 Å². The molecule has 3 fully saturated rings. The predicted octanol–water partition coefficient (Wildman–Crippen LogP) is 3.54. The number of aryl methyl sites for hydroxylation is 1. The van der Waals surface area contributed by atoms with Crippen LogP contribution in [0.2, 0.25) is 0 Å². The van der Waals surface area contributed by atoms with Gasteiger partial charge in [0.2, 0.25) is 5.95 Å². The number of carboxylic acid groups (broad SMARTS) is 1. The van der Waals surface area contributed by atoms with E-state index in [1.165, 1.54) is 6.92 Å². The summed E-state index contributed by atoms with van der Waals surface area (Å²) in [5, 5.41) is 13.1. The van der Waals surface area contributed by atoms with E-state index in [-0.39, 0.29) is 28.9 Å². The maximum Gasteiger partial charge on any atom is 0.306 e. The van der Waals surface area contributed by atoms with E-state index in [1.807, 2.05) is 18.3 Å². The molecule has 1 aliphatic carbocycles. The molecule has 11 nitrogen and oxygen atoms in total. The van der Waals surface area contributed by atoms with E-state index < -0.39 is 5.97 Å². The van der Waals surface area contributed by atoms with Crippen LogP contribution in [0.1, 0.15) is 67.4 Å². The van der Waals surface area contributed by atoms with Crippen LogP contribution >= 0.6 is 0 Å². The number of carboxylic acids is 1. The van der Waals surface area contributed by atoms with Crippen molar-refractivity contribution in [3.8, 4) is 0 Å². The van der Waals surface area contributed by atoms with Gasteiger partial charge in [-0.15, -0.1) is 0 Å². The summed E-state index contributed by atoms with van der Waals surface area (Å²) in [6.07, 6.45) is 8.84. The van der Waals surface area contributed by atoms with Crippen LogP contribution < -0.4 is 15.8 Å². The fraction of sp³-hybridized carbons (Fsp3) is 0.517. The molecular formula is C29H35N7O4. The lowest BCUT2D eigenvalue weighted by molar-refractivity contribution is -0.143. The standard InChI is InChI=1S/C29H35N7O4/c1-17-23-14-31-29(33-26(23)36(20-5-3-4-6-20)27(38)25(17)18(2)37)32-24-8-7-21(13-30-24)35-15-22(16-35)34-11-9-19(10-12-34)28(39)40/h7-8,13-14,19-20,22H,3-6,9-12,15-16H2,1-2H3,(H,39,40)(H,30,31,32,33). The summed E-state index contributed by atoms with van der Waals surface area (Å²) in [6, 6.07) is 4.38. The summed E-state index contributed by atoms with van der Waals surface area (Å²) in [6.45, 7) is 6.71. The summed E-state index contributed by atoms with van der Waals surface area (Å²) >= 11 is 0. The molecule has 5 heterocycles. The minimum Gasteiger partial charge on any atom is -0.481 e. The lowest BCUT2D eigenvalue weighted by Gasteiger charge is -2.48. The Hall–Kier alpha value is -3.86. The highest BCUT2D eigenvalue weighted by Crippen LogP contribution is 2.32. The highest BCUT2D eigenvalue weighted by atomic mass is 16.4. The van der Waals surface area contributed by atoms with Crippen LogP contribution in [0.25, 0.3) is 11.0 Å². The molecule has 3 aliphatic rings. The zero-order valence-electron chi connectivity index (χ0n) is 23.0. The lowest BCUT2D eigenvalue weighted by Crippen LogP contribution is -2.61. The second-order valence-electron chi connectivity index (χ2n) is 11.3. The first kappa shape index (κ1) is 26.4. The van der Waals surface area contributed by atoms with Gasteiger partial charge in [-0.3, -0.25) is 23.9 Å². The average molecular weight is 546 g/mol. The van der Waals surface area contributed by atoms with Crippen molar-refractivity contribution >= 4 is 40.2 Å². The molecule has 2 aliphatic heterocycles. The lowest BCUT2D eigenvalue weighted by atomic mass is 9.94. The van der Waals surface area contributed by atoms with Gasteiger partial charge < -0.3 is 15.3 Å². The Morgan fingerprint density at radius 1 is 1.00 bits per heavy atom. The Morgan fingerprint density at radius 3 is 2.35 bits per heavy atom. The SMILES string of the molecule is CC(=O)c1c(C)c2cnc(Nc3ccc(N4CC(N5CCC(C(=O)O)CC5)C4)cn3)nc2n(C2CCCC2)c1=O. The Morgan fingerprint density at radius 2 is 1.73 bits per heavy atom. The van der Waals surface area contributed by atoms with Crippen LogP contribution in [0.5, 0.6) is 0 Å². The largest absolute Gasteiger partial charge is 0.481 e. The number of ketones is 1. The normalized spacial score (nSPS) is 19.2. The molecule has 2 saturated heterocycles. The number of hydrogen-bond donors (Lipinski definition) is 2. The van der Waals surface area contributed by atoms with Crippen LogP contribution in [-0.4, -0.2) is 73.5 Å². The van der Waals surface area contributed by atoms with Crippen LogP contribution in [-0.2, 0) is 4.79 Å². The first-order valence-corrected chi connectivity index (χ1v) is 14.2. The van der Waals surface area contributed by atoms with Gasteiger partial charge in [0.25, 0.3) is 5.56 Å². The molecule has 6 rings (SSSR count). The Labute approximate surface area is 232 Å². The maximum atomic E-state index is 13.4. The number of carbonyl (C=O) groups is 2. The number of carbonyl (C=O) groups excluding carboxylic acids is 1. The number of rotatable bonds is 7. The van der Waals surface area contributed by atoms with E-state index in [4.69, 9.17) is 4.98 Å². The zero-order valence-corrected chi connectivity index (χ0v) is 23.0. The first-order valence-electron chi connectivity index (χ1n) is 14.2. The van der Waals surface area contributed by atoms with Gasteiger partial charge in [-0.05, 0) is 70.3 Å². The molecule has 3 aromatic rings. The van der Waals surface area contributed by atoms with E-state index in [0.29, 0.717) is 34.4 Å². The molecule has 210 valence electrons. The average Bonchev–Trinajstić information content (AvgIpc) is 3.43. The summed E-state index contributed by atoms with van der Waals surface area (Å²) < 4.78 is 1.71. The number of Topliss-reactive ketones (excluding diaryl/α,β-unsaturated/α-hetero) is 1. The number of anilines is 3. The highest BCUT2D eigenvalue weighted by Gasteiger charge is 2.35. The second kappa shape index (κ2) is 10.6. The van der Waals surface area contributed by atoms with E-state index >= 15 is 0 Å². The molecule has 1 saturated carbocycles. The van der Waals surface area contributed by atoms with Crippen molar-refractivity contribution in [3.05, 3.63) is 46.0 Å². The number of pyridine rings is 2. The Bertz CT molecular complexity index is 1500. The third-order valence-corrected chi connectivity index (χ3v) is 8.86. The number of aliphatic carboxylic acids is 1. The van der Waals surface area contributed by atoms with E-state index in [2.05, 4.69) is 25.1 Å². The molecule has 0 spiro atoms. The van der Waals surface area contributed by atoms with Crippen LogP contribution in [0.4, 0.5) is 17.5 Å². The zero-order chi connectivity index (χ0) is 28.0. The Kier molecular flexibility index (Phi) is 6.99. The van der Waals surface area contributed by atoms with Crippen molar-refractivity contribution < 1.29 is 14.7 Å². The first-order chi connectivity index (χ1) is 19.3. The molecule has 0 atom stereocenters. The number of nitrogens with one attached hydrogen (secondary N) is 1. The van der Waals surface area contributed by atoms with Gasteiger partial charge in [0.15, 0.2) is 5.78 Å². The monoisotopic (exact) mass is 545 g/mol. The number of nitrogens with zero attached hydrogens (tertiary/aromatic N) is 6. The Balaban J connectivity index is 1.16. The number of aromatic nitrogens is 4. The van der Waals surface area contributed by atoms with Crippen LogP contribution in [0, 0.1) is 12.8 Å². The molecule has 0 aromatic carbocycles. The summed E-state index contributed by atoms with van der Waals surface area (Å²) in [5.74, 6) is -0.172. The van der Waals surface area contributed by atoms with Gasteiger partial charge >= 0.3 is 5.97 Å². The molecule has 11 heteroatoms. The van der Waals surface area contributed by atoms with Gasteiger partial charge in [-0.25, -0.2) is 9.97 Å². The molecule has 0 amide bonds. The van der Waals surface area contributed by atoms with Gasteiger partial charge in [-0.2, -0.15) is 4.98 Å². The van der Waals surface area contributed by atoms with Gasteiger partial charge in [-0.1, -0.05) is 12.8 Å². The number of piperidine rings is 1. The third-order valence-electron chi connectivity index (χ3n) is 8.86. The minimum absolute atomic E-state index is 0.0257. The van der Waals surface area contributed by atoms with E-state index in [9.17, 15) is 19.5 Å². The summed E-state index contributed by atoms with van der Waals surface area (Å²) in [4.78, 5) is 55.4. The highest BCUT2D eigenvalue weighted by molar-refractivity contribution is 5.99. The summed E-state index contributed by atoms with van der Waals surface area (Å²) in [7, 11) is 0. The van der Waals surface area contributed by atoms with Crippen LogP contribution in [0.15, 0.2) is 29.3 Å². The fourth-order valence-electron chi connectivity index (χ4n) is 6.48. The molecule has 0 bridgehead atoms. The number of fused-ring (bicyclic) bond motifs is 1. The van der Waals surface area contributed by atoms with Crippen molar-refractivity contribution in [2.45, 2.75) is 64.5 Å². The smallest absolute Gasteiger partial charge is 0.306 e. The number of likely N-dealkylation sites (tertiary alicyclic amines) is 1. The van der Waals surface area contributed by atoms with Crippen molar-refractivity contribution in [2.75, 3.05) is 36.4 Å². The predicted molar refractivity (Wildman–Crippen MR) is 151 cm³/mol.